The molecule has 0 bridgehead atoms. The number of aromatic amines is 1. The van der Waals surface area contributed by atoms with Crippen LogP contribution >= 0.6 is 11.6 Å². The predicted molar refractivity (Wildman–Crippen MR) is 91.4 cm³/mol. The Kier molecular flexibility index (Phi) is 4.32. The van der Waals surface area contributed by atoms with Crippen LogP contribution in [-0.4, -0.2) is 26.5 Å². The van der Waals surface area contributed by atoms with Crippen molar-refractivity contribution in [3.8, 4) is 5.75 Å². The third kappa shape index (κ3) is 3.13. The molecule has 1 aromatic heterocycles. The molecule has 0 atom stereocenters. The first-order valence-electron chi connectivity index (χ1n) is 7.02. The normalized spacial score (nSPS) is 11.4. The Morgan fingerprint density at radius 2 is 1.96 bits per heavy atom. The van der Waals surface area contributed by atoms with Gasteiger partial charge in [0.1, 0.15) is 10.6 Å². The van der Waals surface area contributed by atoms with Crippen LogP contribution in [0.2, 0.25) is 5.02 Å². The number of rotatable bonds is 5. The highest BCUT2D eigenvalue weighted by Crippen LogP contribution is 2.33. The number of ether oxygens (including phenoxy) is 1. The molecule has 130 valence electrons. The minimum atomic E-state index is -4.17. The van der Waals surface area contributed by atoms with Crippen LogP contribution in [0.5, 0.6) is 5.75 Å². The smallest absolute Gasteiger partial charge is 0.265 e. The fourth-order valence-corrected chi connectivity index (χ4v) is 3.98. The summed E-state index contributed by atoms with van der Waals surface area (Å²) in [4.78, 5) is 13.8. The number of carbonyl (C=O) groups excluding carboxylic acids is 1. The molecule has 9 heteroatoms. The van der Waals surface area contributed by atoms with Crippen molar-refractivity contribution in [2.45, 2.75) is 4.90 Å². The number of methoxy groups -OCH3 is 1. The number of fused-ring (bicyclic) bond motifs is 1. The molecule has 3 rings (SSSR count). The molecule has 0 aliphatic heterocycles. The van der Waals surface area contributed by atoms with Gasteiger partial charge in [-0.1, -0.05) is 29.8 Å². The van der Waals surface area contributed by atoms with Crippen LogP contribution in [0.4, 0.5) is 5.69 Å². The zero-order valence-electron chi connectivity index (χ0n) is 12.9. The molecular weight excluding hydrogens is 368 g/mol. The van der Waals surface area contributed by atoms with Gasteiger partial charge in [-0.2, -0.15) is 0 Å². The summed E-state index contributed by atoms with van der Waals surface area (Å²) in [5.74, 6) is -1.46. The summed E-state index contributed by atoms with van der Waals surface area (Å²) in [7, 11) is -2.85. The lowest BCUT2D eigenvalue weighted by Crippen LogP contribution is -2.25. The molecule has 2 N–H and O–H groups in total. The number of sulfonamides is 1. The van der Waals surface area contributed by atoms with Crippen LogP contribution in [0.1, 0.15) is 10.5 Å². The minimum absolute atomic E-state index is 0.0757. The van der Waals surface area contributed by atoms with Gasteiger partial charge in [-0.3, -0.25) is 4.72 Å². The average Bonchev–Trinajstić information content (AvgIpc) is 2.93. The second-order valence-corrected chi connectivity index (χ2v) is 7.20. The number of halogens is 1. The second-order valence-electron chi connectivity index (χ2n) is 5.11. The Morgan fingerprint density at radius 1 is 1.24 bits per heavy atom. The van der Waals surface area contributed by atoms with E-state index in [1.54, 1.807) is 24.3 Å². The number of aromatic carboxylic acids is 1. The molecule has 0 fully saturated rings. The lowest BCUT2D eigenvalue weighted by Gasteiger charge is -2.13. The van der Waals surface area contributed by atoms with E-state index in [0.29, 0.717) is 10.9 Å². The molecule has 1 heterocycles. The SMILES string of the molecule is COc1ccc(Cl)cc1S(=O)(=O)Nc1c(C(=O)[O-])[nH]c2ccccc12. The van der Waals surface area contributed by atoms with Crippen molar-refractivity contribution >= 4 is 44.2 Å². The van der Waals surface area contributed by atoms with Crippen molar-refractivity contribution in [3.05, 3.63) is 53.2 Å². The largest absolute Gasteiger partial charge is 0.543 e. The van der Waals surface area contributed by atoms with E-state index in [2.05, 4.69) is 9.71 Å². The van der Waals surface area contributed by atoms with Crippen molar-refractivity contribution in [1.29, 1.82) is 0 Å². The zero-order chi connectivity index (χ0) is 18.2. The number of hydrogen-bond donors (Lipinski definition) is 2. The molecule has 0 spiro atoms. The number of nitrogens with one attached hydrogen (secondary N) is 2. The number of hydrogen-bond acceptors (Lipinski definition) is 5. The highest BCUT2D eigenvalue weighted by atomic mass is 35.5. The molecular formula is C16H12ClN2O5S-. The van der Waals surface area contributed by atoms with E-state index in [4.69, 9.17) is 16.3 Å². The summed E-state index contributed by atoms with van der Waals surface area (Å²) in [5.41, 5.74) is -0.0270. The number of carboxylic acid groups (broad SMARTS) is 1. The predicted octanol–water partition coefficient (Wildman–Crippen LogP) is 1.99. The van der Waals surface area contributed by atoms with Gasteiger partial charge >= 0.3 is 0 Å². The summed E-state index contributed by atoms with van der Waals surface area (Å²) in [6.45, 7) is 0. The average molecular weight is 380 g/mol. The molecule has 0 aliphatic carbocycles. The lowest BCUT2D eigenvalue weighted by atomic mass is 10.2. The van der Waals surface area contributed by atoms with Gasteiger partial charge in [-0.25, -0.2) is 8.42 Å². The van der Waals surface area contributed by atoms with Gasteiger partial charge in [0.25, 0.3) is 10.0 Å². The van der Waals surface area contributed by atoms with E-state index in [1.165, 1.54) is 25.3 Å². The lowest BCUT2D eigenvalue weighted by molar-refractivity contribution is -0.255. The van der Waals surface area contributed by atoms with Crippen LogP contribution in [0, 0.1) is 0 Å². The number of para-hydroxylation sites is 1. The molecule has 25 heavy (non-hydrogen) atoms. The Morgan fingerprint density at radius 3 is 2.64 bits per heavy atom. The van der Waals surface area contributed by atoms with Crippen molar-refractivity contribution in [1.82, 2.24) is 4.98 Å². The van der Waals surface area contributed by atoms with E-state index in [-0.39, 0.29) is 27.0 Å². The van der Waals surface area contributed by atoms with Crippen LogP contribution in [0.25, 0.3) is 10.9 Å². The highest BCUT2D eigenvalue weighted by Gasteiger charge is 2.24. The molecule has 0 radical (unpaired) electrons. The standard InChI is InChI=1S/C16H13ClN2O5S/c1-24-12-7-6-9(17)8-13(12)25(22,23)19-14-10-4-2-3-5-11(10)18-15(14)16(20)21/h2-8,18-19H,1H3,(H,20,21)/p-1. The first kappa shape index (κ1) is 17.1. The summed E-state index contributed by atoms with van der Waals surface area (Å²) < 4.78 is 32.9. The third-order valence-electron chi connectivity index (χ3n) is 3.56. The topological polar surface area (TPSA) is 111 Å². The molecule has 0 amide bonds. The number of aromatic nitrogens is 1. The van der Waals surface area contributed by atoms with Gasteiger partial charge in [0.2, 0.25) is 0 Å². The van der Waals surface area contributed by atoms with Gasteiger partial charge in [-0.15, -0.1) is 0 Å². The number of H-pyrrole nitrogens is 1. The van der Waals surface area contributed by atoms with E-state index in [1.807, 2.05) is 0 Å². The van der Waals surface area contributed by atoms with E-state index in [0.717, 1.165) is 0 Å². The Balaban J connectivity index is 2.17. The monoisotopic (exact) mass is 379 g/mol. The van der Waals surface area contributed by atoms with Crippen molar-refractivity contribution in [2.24, 2.45) is 0 Å². The van der Waals surface area contributed by atoms with Crippen LogP contribution < -0.4 is 14.6 Å². The summed E-state index contributed by atoms with van der Waals surface area (Å²) in [6.07, 6.45) is 0. The zero-order valence-corrected chi connectivity index (χ0v) is 14.4. The van der Waals surface area contributed by atoms with E-state index >= 15 is 0 Å². The number of benzene rings is 2. The molecule has 0 aliphatic rings. The summed E-state index contributed by atoms with van der Waals surface area (Å²) in [5, 5.41) is 12.0. The fraction of sp³-hybridized carbons (Fsp3) is 0.0625. The van der Waals surface area contributed by atoms with Crippen molar-refractivity contribution in [3.63, 3.8) is 0 Å². The van der Waals surface area contributed by atoms with E-state index < -0.39 is 16.0 Å². The molecule has 2 aromatic carbocycles. The van der Waals surface area contributed by atoms with Crippen LogP contribution in [0.15, 0.2) is 47.4 Å². The molecule has 7 nitrogen and oxygen atoms in total. The maximum absolute atomic E-state index is 12.8. The number of carbonyl (C=O) groups is 1. The van der Waals surface area contributed by atoms with Crippen molar-refractivity contribution < 1.29 is 23.1 Å². The number of anilines is 1. The van der Waals surface area contributed by atoms with Gasteiger partial charge in [0.05, 0.1) is 24.5 Å². The molecule has 0 saturated heterocycles. The Labute approximate surface area is 148 Å². The summed E-state index contributed by atoms with van der Waals surface area (Å²) >= 11 is 5.88. The number of carboxylic acids is 1. The molecule has 0 saturated carbocycles. The van der Waals surface area contributed by atoms with Crippen molar-refractivity contribution in [2.75, 3.05) is 11.8 Å². The molecule has 3 aromatic rings. The molecule has 0 unspecified atom stereocenters. The van der Waals surface area contributed by atoms with Crippen LogP contribution in [-0.2, 0) is 10.0 Å². The Bertz CT molecular complexity index is 1080. The van der Waals surface area contributed by atoms with Gasteiger partial charge < -0.3 is 19.6 Å². The van der Waals surface area contributed by atoms with Gasteiger partial charge in [-0.05, 0) is 24.3 Å². The third-order valence-corrected chi connectivity index (χ3v) is 5.17. The second kappa shape index (κ2) is 6.30. The van der Waals surface area contributed by atoms with Gasteiger partial charge in [0, 0.05) is 15.9 Å². The van der Waals surface area contributed by atoms with E-state index in [9.17, 15) is 18.3 Å². The first-order chi connectivity index (χ1) is 11.8. The van der Waals surface area contributed by atoms with Gasteiger partial charge in [0.15, 0.2) is 0 Å². The first-order valence-corrected chi connectivity index (χ1v) is 8.88. The van der Waals surface area contributed by atoms with Crippen LogP contribution in [0.3, 0.4) is 0 Å². The Hall–Kier alpha value is -2.71. The summed E-state index contributed by atoms with van der Waals surface area (Å²) in [6, 6.07) is 10.7. The fourth-order valence-electron chi connectivity index (χ4n) is 2.45. The highest BCUT2D eigenvalue weighted by molar-refractivity contribution is 7.92. The quantitative estimate of drug-likeness (QED) is 0.704. The maximum Gasteiger partial charge on any atom is 0.265 e. The maximum atomic E-state index is 12.8. The minimum Gasteiger partial charge on any atom is -0.543 e.